The maximum absolute atomic E-state index is 12.5. The summed E-state index contributed by atoms with van der Waals surface area (Å²) in [5.41, 5.74) is 0.827. The van der Waals surface area contributed by atoms with E-state index in [1.807, 2.05) is 37.0 Å². The molecule has 2 aliphatic heterocycles. The average Bonchev–Trinajstić information content (AvgIpc) is 3.30. The van der Waals surface area contributed by atoms with Crippen molar-refractivity contribution < 1.29 is 19.1 Å². The van der Waals surface area contributed by atoms with E-state index in [0.717, 1.165) is 35.1 Å². The molecule has 0 atom stereocenters. The van der Waals surface area contributed by atoms with E-state index in [1.54, 1.807) is 4.90 Å². The summed E-state index contributed by atoms with van der Waals surface area (Å²) >= 11 is 8.74. The molecule has 0 N–H and O–H groups in total. The zero-order valence-electron chi connectivity index (χ0n) is 16.4. The molecule has 0 aromatic heterocycles. The number of amides is 2. The minimum absolute atomic E-state index is 0.00642. The molecular formula is C20H23IN2O4S2. The van der Waals surface area contributed by atoms with E-state index in [2.05, 4.69) is 22.6 Å². The zero-order valence-corrected chi connectivity index (χ0v) is 20.2. The van der Waals surface area contributed by atoms with Crippen molar-refractivity contribution in [1.29, 1.82) is 0 Å². The summed E-state index contributed by atoms with van der Waals surface area (Å²) in [5, 5.41) is 0. The van der Waals surface area contributed by atoms with Gasteiger partial charge in [-0.25, -0.2) is 0 Å². The van der Waals surface area contributed by atoms with E-state index in [-0.39, 0.29) is 18.4 Å². The van der Waals surface area contributed by atoms with Gasteiger partial charge in [-0.05, 0) is 73.1 Å². The highest BCUT2D eigenvalue weighted by molar-refractivity contribution is 14.1. The molecule has 2 aliphatic rings. The molecule has 1 aromatic carbocycles. The van der Waals surface area contributed by atoms with Crippen molar-refractivity contribution >= 4 is 68.8 Å². The van der Waals surface area contributed by atoms with Crippen molar-refractivity contribution in [1.82, 2.24) is 9.80 Å². The quantitative estimate of drug-likeness (QED) is 0.294. The first kappa shape index (κ1) is 22.4. The maximum atomic E-state index is 12.5. The lowest BCUT2D eigenvalue weighted by Gasteiger charge is -2.18. The Bertz CT molecular complexity index is 853. The van der Waals surface area contributed by atoms with Crippen LogP contribution in [0.15, 0.2) is 17.0 Å². The number of hydrogen-bond donors (Lipinski definition) is 0. The van der Waals surface area contributed by atoms with Crippen LogP contribution in [-0.2, 0) is 9.59 Å². The standard InChI is InChI=1S/C20H23IN2O4S2/c1-3-23-19(25)16(29-20(23)28)11-13-9-14(21)18(15(10-13)26-4-2)27-12-17(24)22-7-5-6-8-22/h9-11H,3-8,12H2,1-2H3/b16-11-. The van der Waals surface area contributed by atoms with E-state index in [4.69, 9.17) is 21.7 Å². The fraction of sp³-hybridized carbons (Fsp3) is 0.450. The maximum Gasteiger partial charge on any atom is 0.266 e. The highest BCUT2D eigenvalue weighted by Gasteiger charge is 2.30. The van der Waals surface area contributed by atoms with Gasteiger partial charge in [-0.1, -0.05) is 24.0 Å². The van der Waals surface area contributed by atoms with Gasteiger partial charge < -0.3 is 14.4 Å². The van der Waals surface area contributed by atoms with Gasteiger partial charge in [0.1, 0.15) is 4.32 Å². The lowest BCUT2D eigenvalue weighted by molar-refractivity contribution is -0.132. The first-order chi connectivity index (χ1) is 13.9. The number of nitrogens with zero attached hydrogens (tertiary/aromatic N) is 2. The second-order valence-electron chi connectivity index (χ2n) is 6.57. The van der Waals surface area contributed by atoms with Crippen LogP contribution in [0.1, 0.15) is 32.3 Å². The Morgan fingerprint density at radius 1 is 1.28 bits per heavy atom. The highest BCUT2D eigenvalue weighted by atomic mass is 127. The summed E-state index contributed by atoms with van der Waals surface area (Å²) in [6.45, 7) is 6.41. The first-order valence-corrected chi connectivity index (χ1v) is 11.9. The molecular weight excluding hydrogens is 523 g/mol. The van der Waals surface area contributed by atoms with Crippen molar-refractivity contribution in [2.75, 3.05) is 32.8 Å². The van der Waals surface area contributed by atoms with Crippen LogP contribution in [0.25, 0.3) is 6.08 Å². The summed E-state index contributed by atoms with van der Waals surface area (Å²) in [6, 6.07) is 3.75. The molecule has 156 valence electrons. The Labute approximate surface area is 194 Å². The highest BCUT2D eigenvalue weighted by Crippen LogP contribution is 2.37. The summed E-state index contributed by atoms with van der Waals surface area (Å²) in [4.78, 5) is 28.8. The Morgan fingerprint density at radius 3 is 2.62 bits per heavy atom. The van der Waals surface area contributed by atoms with Crippen LogP contribution in [-0.4, -0.2) is 58.8 Å². The number of hydrogen-bond acceptors (Lipinski definition) is 6. The van der Waals surface area contributed by atoms with E-state index in [0.29, 0.717) is 33.9 Å². The molecule has 1 aromatic rings. The van der Waals surface area contributed by atoms with Gasteiger partial charge in [-0.3, -0.25) is 14.5 Å². The largest absolute Gasteiger partial charge is 0.490 e. The molecule has 2 saturated heterocycles. The number of rotatable bonds is 7. The number of carbonyl (C=O) groups excluding carboxylic acids is 2. The molecule has 2 amide bonds. The summed E-state index contributed by atoms with van der Waals surface area (Å²) in [6.07, 6.45) is 3.91. The third-order valence-corrected chi connectivity index (χ3v) is 6.80. The van der Waals surface area contributed by atoms with Gasteiger partial charge in [0.25, 0.3) is 11.8 Å². The van der Waals surface area contributed by atoms with Gasteiger partial charge in [-0.2, -0.15) is 0 Å². The lowest BCUT2D eigenvalue weighted by atomic mass is 10.2. The molecule has 0 bridgehead atoms. The number of carbonyl (C=O) groups is 2. The number of halogens is 1. The van der Waals surface area contributed by atoms with E-state index < -0.39 is 0 Å². The van der Waals surface area contributed by atoms with Gasteiger partial charge in [0.15, 0.2) is 18.1 Å². The monoisotopic (exact) mass is 546 g/mol. The van der Waals surface area contributed by atoms with Crippen molar-refractivity contribution in [2.24, 2.45) is 0 Å². The van der Waals surface area contributed by atoms with Crippen LogP contribution in [0.3, 0.4) is 0 Å². The van der Waals surface area contributed by atoms with Gasteiger partial charge in [0, 0.05) is 19.6 Å². The van der Waals surface area contributed by atoms with Crippen LogP contribution in [0.4, 0.5) is 0 Å². The molecule has 0 radical (unpaired) electrons. The van der Waals surface area contributed by atoms with Crippen LogP contribution < -0.4 is 9.47 Å². The topological polar surface area (TPSA) is 59.1 Å². The molecule has 2 fully saturated rings. The zero-order chi connectivity index (χ0) is 21.0. The minimum Gasteiger partial charge on any atom is -0.490 e. The van der Waals surface area contributed by atoms with Crippen LogP contribution >= 0.6 is 46.6 Å². The minimum atomic E-state index is -0.0768. The Hall–Kier alpha value is -1.33. The van der Waals surface area contributed by atoms with Gasteiger partial charge in [0.2, 0.25) is 0 Å². The van der Waals surface area contributed by atoms with Crippen LogP contribution in [0, 0.1) is 3.57 Å². The Kier molecular flexibility index (Phi) is 7.80. The normalized spacial score (nSPS) is 18.1. The van der Waals surface area contributed by atoms with Crippen molar-refractivity contribution in [3.63, 3.8) is 0 Å². The van der Waals surface area contributed by atoms with Gasteiger partial charge in [0.05, 0.1) is 15.1 Å². The predicted octanol–water partition coefficient (Wildman–Crippen LogP) is 3.91. The molecule has 29 heavy (non-hydrogen) atoms. The van der Waals surface area contributed by atoms with Crippen molar-refractivity contribution in [3.05, 3.63) is 26.2 Å². The van der Waals surface area contributed by atoms with E-state index in [9.17, 15) is 9.59 Å². The van der Waals surface area contributed by atoms with Crippen molar-refractivity contribution in [2.45, 2.75) is 26.7 Å². The number of thiocarbonyl (C=S) groups is 1. The first-order valence-electron chi connectivity index (χ1n) is 9.56. The second-order valence-corrected chi connectivity index (χ2v) is 9.40. The molecule has 0 spiro atoms. The van der Waals surface area contributed by atoms with Gasteiger partial charge >= 0.3 is 0 Å². The van der Waals surface area contributed by atoms with E-state index >= 15 is 0 Å². The molecule has 0 unspecified atom stereocenters. The lowest BCUT2D eigenvalue weighted by Crippen LogP contribution is -2.32. The fourth-order valence-electron chi connectivity index (χ4n) is 3.19. The molecule has 2 heterocycles. The summed E-state index contributed by atoms with van der Waals surface area (Å²) < 4.78 is 13.0. The average molecular weight is 546 g/mol. The van der Waals surface area contributed by atoms with E-state index in [1.165, 1.54) is 11.8 Å². The number of ether oxygens (including phenoxy) is 2. The number of likely N-dealkylation sites (N-methyl/N-ethyl adjacent to an activating group) is 1. The van der Waals surface area contributed by atoms with Gasteiger partial charge in [-0.15, -0.1) is 0 Å². The molecule has 0 aliphatic carbocycles. The van der Waals surface area contributed by atoms with Crippen molar-refractivity contribution in [3.8, 4) is 11.5 Å². The Morgan fingerprint density at radius 2 is 2.00 bits per heavy atom. The summed E-state index contributed by atoms with van der Waals surface area (Å²) in [5.74, 6) is 1.03. The number of likely N-dealkylation sites (tertiary alicyclic amines) is 1. The molecule has 6 nitrogen and oxygen atoms in total. The Balaban J connectivity index is 1.81. The third kappa shape index (κ3) is 5.24. The van der Waals surface area contributed by atoms with Crippen LogP contribution in [0.5, 0.6) is 11.5 Å². The predicted molar refractivity (Wildman–Crippen MR) is 127 cm³/mol. The molecule has 9 heteroatoms. The smallest absolute Gasteiger partial charge is 0.266 e. The summed E-state index contributed by atoms with van der Waals surface area (Å²) in [7, 11) is 0. The SMILES string of the molecule is CCOc1cc(/C=C2\SC(=S)N(CC)C2=O)cc(I)c1OCC(=O)N1CCCC1. The second kappa shape index (κ2) is 10.1. The fourth-order valence-corrected chi connectivity index (χ4v) is 5.36. The number of benzene rings is 1. The van der Waals surface area contributed by atoms with Crippen LogP contribution in [0.2, 0.25) is 0 Å². The third-order valence-electron chi connectivity index (χ3n) is 4.62. The molecule has 3 rings (SSSR count). The number of thioether (sulfide) groups is 1. The molecule has 0 saturated carbocycles.